The van der Waals surface area contributed by atoms with Gasteiger partial charge in [0.25, 0.3) is 11.4 Å². The average molecular weight is 350 g/mol. The van der Waals surface area contributed by atoms with Crippen molar-refractivity contribution in [3.63, 3.8) is 0 Å². The highest BCUT2D eigenvalue weighted by molar-refractivity contribution is 5.67. The third-order valence-corrected chi connectivity index (χ3v) is 2.50. The summed E-state index contributed by atoms with van der Waals surface area (Å²) in [5.74, 6) is 0.134. The highest BCUT2D eigenvalue weighted by Gasteiger charge is 2.11. The molecule has 0 unspecified atom stereocenters. The lowest BCUT2D eigenvalue weighted by atomic mass is 10.3. The van der Waals surface area contributed by atoms with Crippen molar-refractivity contribution in [2.45, 2.75) is 6.92 Å². The topological polar surface area (TPSA) is 142 Å². The van der Waals surface area contributed by atoms with Crippen molar-refractivity contribution < 1.29 is 29.2 Å². The first-order valence-corrected chi connectivity index (χ1v) is 6.86. The zero-order chi connectivity index (χ0) is 18.8. The van der Waals surface area contributed by atoms with Crippen molar-refractivity contribution in [3.8, 4) is 11.5 Å². The van der Waals surface area contributed by atoms with Crippen LogP contribution in [0.4, 0.5) is 16.2 Å². The summed E-state index contributed by atoms with van der Waals surface area (Å²) in [4.78, 5) is 31.3. The van der Waals surface area contributed by atoms with Crippen LogP contribution in [0.2, 0.25) is 0 Å². The van der Waals surface area contributed by atoms with E-state index in [9.17, 15) is 25.0 Å². The minimum absolute atomic E-state index is 0.0671. The van der Waals surface area contributed by atoms with Crippen molar-refractivity contribution in [2.75, 3.05) is 6.61 Å². The van der Waals surface area contributed by atoms with E-state index in [2.05, 4.69) is 0 Å². The van der Waals surface area contributed by atoms with Gasteiger partial charge in [-0.25, -0.2) is 4.79 Å². The molecule has 2 rings (SSSR count). The Kier molecular flexibility index (Phi) is 7.47. The number of non-ortho nitro benzene ring substituents is 2. The van der Waals surface area contributed by atoms with Crippen LogP contribution in [0.15, 0.2) is 48.5 Å². The van der Waals surface area contributed by atoms with E-state index in [0.29, 0.717) is 0 Å². The van der Waals surface area contributed by atoms with Gasteiger partial charge in [0.1, 0.15) is 11.5 Å². The molecule has 0 aliphatic carbocycles. The number of aliphatic hydroxyl groups is 1. The van der Waals surface area contributed by atoms with Crippen LogP contribution in [-0.4, -0.2) is 27.7 Å². The molecule has 0 bridgehead atoms. The van der Waals surface area contributed by atoms with Gasteiger partial charge in [0.2, 0.25) is 0 Å². The van der Waals surface area contributed by atoms with Crippen LogP contribution in [0, 0.1) is 20.2 Å². The predicted octanol–water partition coefficient (Wildman–Crippen LogP) is 3.08. The molecule has 10 nitrogen and oxygen atoms in total. The third kappa shape index (κ3) is 6.62. The van der Waals surface area contributed by atoms with Gasteiger partial charge in [-0.15, -0.1) is 0 Å². The Morgan fingerprint density at radius 2 is 1.16 bits per heavy atom. The number of rotatable bonds is 4. The summed E-state index contributed by atoms with van der Waals surface area (Å²) in [6.07, 6.45) is -1.07. The first-order valence-electron chi connectivity index (χ1n) is 6.86. The highest BCUT2D eigenvalue weighted by atomic mass is 16.7. The van der Waals surface area contributed by atoms with Crippen molar-refractivity contribution >= 4 is 17.5 Å². The lowest BCUT2D eigenvalue weighted by Crippen LogP contribution is -2.13. The van der Waals surface area contributed by atoms with Gasteiger partial charge in [-0.3, -0.25) is 20.2 Å². The molecule has 0 aromatic heterocycles. The van der Waals surface area contributed by atoms with Crippen molar-refractivity contribution in [3.05, 3.63) is 68.8 Å². The number of nitro groups is 2. The van der Waals surface area contributed by atoms with E-state index in [4.69, 9.17) is 14.6 Å². The van der Waals surface area contributed by atoms with Crippen LogP contribution < -0.4 is 9.47 Å². The second kappa shape index (κ2) is 9.57. The Hall–Kier alpha value is -3.53. The Labute approximate surface area is 141 Å². The summed E-state index contributed by atoms with van der Waals surface area (Å²) in [7, 11) is 0. The standard InChI is InChI=1S/C13H8N2O7.C2H6O/c16-13(21-11-5-1-9(2-6-11)14(17)18)22-12-7-3-10(4-8-12)15(19)20;1-2-3/h1-8H;3H,2H2,1H3. The molecule has 0 saturated carbocycles. The first-order chi connectivity index (χ1) is 11.9. The lowest BCUT2D eigenvalue weighted by Gasteiger charge is -2.05. The average Bonchev–Trinajstić information content (AvgIpc) is 2.56. The third-order valence-electron chi connectivity index (χ3n) is 2.50. The van der Waals surface area contributed by atoms with Crippen LogP contribution >= 0.6 is 0 Å². The molecule has 2 aromatic carbocycles. The zero-order valence-electron chi connectivity index (χ0n) is 13.0. The molecule has 2 aromatic rings. The smallest absolute Gasteiger partial charge is 0.397 e. The molecule has 0 fully saturated rings. The fourth-order valence-corrected chi connectivity index (χ4v) is 1.49. The molecule has 0 atom stereocenters. The lowest BCUT2D eigenvalue weighted by molar-refractivity contribution is -0.385. The monoisotopic (exact) mass is 350 g/mol. The maximum Gasteiger partial charge on any atom is 0.519 e. The van der Waals surface area contributed by atoms with Crippen molar-refractivity contribution in [1.82, 2.24) is 0 Å². The van der Waals surface area contributed by atoms with Crippen LogP contribution in [0.3, 0.4) is 0 Å². The molecular formula is C15H14N2O8. The number of hydrogen-bond acceptors (Lipinski definition) is 8. The molecule has 0 heterocycles. The number of ether oxygens (including phenoxy) is 2. The van der Waals surface area contributed by atoms with E-state index in [0.717, 1.165) is 0 Å². The molecular weight excluding hydrogens is 336 g/mol. The van der Waals surface area contributed by atoms with Gasteiger partial charge in [0.05, 0.1) is 9.85 Å². The molecule has 0 radical (unpaired) electrons. The van der Waals surface area contributed by atoms with Gasteiger partial charge in [0.15, 0.2) is 0 Å². The Morgan fingerprint density at radius 1 is 0.880 bits per heavy atom. The van der Waals surface area contributed by atoms with Crippen molar-refractivity contribution in [2.24, 2.45) is 0 Å². The van der Waals surface area contributed by atoms with Gasteiger partial charge in [0, 0.05) is 30.9 Å². The van der Waals surface area contributed by atoms with Gasteiger partial charge >= 0.3 is 6.16 Å². The maximum absolute atomic E-state index is 11.5. The fraction of sp³-hybridized carbons (Fsp3) is 0.133. The summed E-state index contributed by atoms with van der Waals surface area (Å²) in [6.45, 7) is 1.93. The highest BCUT2D eigenvalue weighted by Crippen LogP contribution is 2.20. The molecule has 25 heavy (non-hydrogen) atoms. The van der Waals surface area contributed by atoms with Gasteiger partial charge in [-0.05, 0) is 31.2 Å². The second-order valence-electron chi connectivity index (χ2n) is 4.27. The van der Waals surface area contributed by atoms with Gasteiger partial charge in [-0.2, -0.15) is 0 Å². The van der Waals surface area contributed by atoms with Crippen LogP contribution in [-0.2, 0) is 0 Å². The number of carbonyl (C=O) groups excluding carboxylic acids is 1. The first kappa shape index (κ1) is 19.5. The molecule has 0 spiro atoms. The van der Waals surface area contributed by atoms with E-state index in [-0.39, 0.29) is 29.5 Å². The largest absolute Gasteiger partial charge is 0.519 e. The number of carbonyl (C=O) groups is 1. The van der Waals surface area contributed by atoms with Crippen LogP contribution in [0.1, 0.15) is 6.92 Å². The normalized spacial score (nSPS) is 9.36. The molecule has 0 amide bonds. The number of nitro benzene ring substituents is 2. The number of nitrogens with zero attached hydrogens (tertiary/aromatic N) is 2. The van der Waals surface area contributed by atoms with E-state index in [1.807, 2.05) is 0 Å². The predicted molar refractivity (Wildman–Crippen MR) is 85.6 cm³/mol. The van der Waals surface area contributed by atoms with E-state index >= 15 is 0 Å². The van der Waals surface area contributed by atoms with Crippen molar-refractivity contribution in [1.29, 1.82) is 0 Å². The molecule has 1 N–H and O–H groups in total. The summed E-state index contributed by atoms with van der Waals surface area (Å²) in [6, 6.07) is 9.68. The molecule has 0 aliphatic rings. The van der Waals surface area contributed by atoms with Crippen LogP contribution in [0.25, 0.3) is 0 Å². The van der Waals surface area contributed by atoms with Gasteiger partial charge < -0.3 is 14.6 Å². The van der Waals surface area contributed by atoms with E-state index in [1.165, 1.54) is 48.5 Å². The second-order valence-corrected chi connectivity index (χ2v) is 4.27. The van der Waals surface area contributed by atoms with Gasteiger partial charge in [-0.1, -0.05) is 0 Å². The summed E-state index contributed by atoms with van der Waals surface area (Å²) < 4.78 is 9.63. The SMILES string of the molecule is CCO.O=C(Oc1ccc([N+](=O)[O-])cc1)Oc1ccc([N+](=O)[O-])cc1. The molecule has 0 aliphatic heterocycles. The maximum atomic E-state index is 11.5. The Balaban J connectivity index is 0.000000970. The molecule has 132 valence electrons. The van der Waals surface area contributed by atoms with Crippen LogP contribution in [0.5, 0.6) is 11.5 Å². The minimum Gasteiger partial charge on any atom is -0.397 e. The fourth-order valence-electron chi connectivity index (χ4n) is 1.49. The van der Waals surface area contributed by atoms with E-state index < -0.39 is 16.0 Å². The number of aliphatic hydroxyl groups excluding tert-OH is 1. The summed E-state index contributed by atoms with van der Waals surface area (Å²) in [5, 5.41) is 28.5. The summed E-state index contributed by atoms with van der Waals surface area (Å²) >= 11 is 0. The number of hydrogen-bond donors (Lipinski definition) is 1. The minimum atomic E-state index is -1.07. The zero-order valence-corrected chi connectivity index (χ0v) is 13.0. The Morgan fingerprint density at radius 3 is 1.40 bits per heavy atom. The molecule has 0 saturated heterocycles. The Bertz CT molecular complexity index is 667. The number of benzene rings is 2. The summed E-state index contributed by atoms with van der Waals surface area (Å²) in [5.41, 5.74) is -0.285. The molecule has 10 heteroatoms. The quantitative estimate of drug-likeness (QED) is 0.383. The van der Waals surface area contributed by atoms with E-state index in [1.54, 1.807) is 6.92 Å².